The first-order chi connectivity index (χ1) is 12.2. The minimum Gasteiger partial charge on any atom is -0.326 e. The molecule has 2 fully saturated rings. The maximum absolute atomic E-state index is 12.6. The number of benzene rings is 2. The van der Waals surface area contributed by atoms with Crippen LogP contribution in [0.25, 0.3) is 11.1 Å². The van der Waals surface area contributed by atoms with Crippen molar-refractivity contribution in [2.75, 3.05) is 5.32 Å². The molecule has 0 spiro atoms. The summed E-state index contributed by atoms with van der Waals surface area (Å²) in [6.07, 6.45) is 5.82. The van der Waals surface area contributed by atoms with Gasteiger partial charge in [0.05, 0.1) is 0 Å². The number of carbonyl (C=O) groups is 2. The Labute approximate surface area is 147 Å². The van der Waals surface area contributed by atoms with E-state index in [1.54, 1.807) is 0 Å². The molecule has 0 heterocycles. The summed E-state index contributed by atoms with van der Waals surface area (Å²) in [5.74, 6) is 2.31. The molecule has 3 nitrogen and oxygen atoms in total. The van der Waals surface area contributed by atoms with Crippen LogP contribution in [-0.4, -0.2) is 11.7 Å². The van der Waals surface area contributed by atoms with Gasteiger partial charge in [0.1, 0.15) is 0 Å². The summed E-state index contributed by atoms with van der Waals surface area (Å²) in [5.41, 5.74) is 4.13. The van der Waals surface area contributed by atoms with E-state index < -0.39 is 0 Å². The van der Waals surface area contributed by atoms with Crippen LogP contribution in [-0.2, 0) is 4.79 Å². The summed E-state index contributed by atoms with van der Waals surface area (Å²) in [5, 5.41) is 3.01. The molecular formula is C22H21NO2. The zero-order valence-electron chi connectivity index (χ0n) is 14.1. The van der Waals surface area contributed by atoms with E-state index in [2.05, 4.69) is 5.32 Å². The van der Waals surface area contributed by atoms with Crippen molar-refractivity contribution in [3.63, 3.8) is 0 Å². The van der Waals surface area contributed by atoms with Crippen LogP contribution in [0, 0.1) is 17.8 Å². The van der Waals surface area contributed by atoms with Gasteiger partial charge in [0.25, 0.3) is 0 Å². The number of anilines is 1. The minimum atomic E-state index is 0.0507. The van der Waals surface area contributed by atoms with Crippen molar-refractivity contribution in [2.45, 2.75) is 32.1 Å². The highest BCUT2D eigenvalue weighted by molar-refractivity contribution is 6.22. The number of ketones is 1. The minimum absolute atomic E-state index is 0.0507. The molecule has 3 atom stereocenters. The Morgan fingerprint density at radius 2 is 1.76 bits per heavy atom. The second-order valence-electron chi connectivity index (χ2n) is 7.82. The van der Waals surface area contributed by atoms with Crippen LogP contribution in [0.5, 0.6) is 0 Å². The summed E-state index contributed by atoms with van der Waals surface area (Å²) in [4.78, 5) is 25.0. The highest BCUT2D eigenvalue weighted by Gasteiger charge is 2.40. The van der Waals surface area contributed by atoms with E-state index in [1.165, 1.54) is 25.7 Å². The zero-order valence-corrected chi connectivity index (χ0v) is 14.1. The van der Waals surface area contributed by atoms with E-state index in [9.17, 15) is 9.59 Å². The molecule has 126 valence electrons. The molecule has 5 rings (SSSR count). The van der Waals surface area contributed by atoms with Gasteiger partial charge >= 0.3 is 0 Å². The van der Waals surface area contributed by atoms with Gasteiger partial charge in [-0.15, -0.1) is 0 Å². The number of rotatable bonds is 3. The summed E-state index contributed by atoms with van der Waals surface area (Å²) < 4.78 is 0. The molecule has 1 N–H and O–H groups in total. The van der Waals surface area contributed by atoms with Crippen LogP contribution in [0.3, 0.4) is 0 Å². The maximum Gasteiger partial charge on any atom is 0.224 e. The number of hydrogen-bond acceptors (Lipinski definition) is 2. The fourth-order valence-electron chi connectivity index (χ4n) is 5.18. The standard InChI is InChI=1S/C22H21NO2/c24-21(11-15-10-13-5-6-14(15)9-13)23-16-7-8-18-17-3-1-2-4-19(17)22(25)20(18)12-16/h1-4,7-8,12-15H,5-6,9-11H2,(H,23,24)/t13-,14-,15+/m1/s1. The van der Waals surface area contributed by atoms with Crippen LogP contribution in [0.1, 0.15) is 48.0 Å². The molecule has 2 aromatic rings. The van der Waals surface area contributed by atoms with Gasteiger partial charge in [-0.2, -0.15) is 0 Å². The van der Waals surface area contributed by atoms with Gasteiger partial charge in [0, 0.05) is 23.2 Å². The first-order valence-corrected chi connectivity index (χ1v) is 9.27. The monoisotopic (exact) mass is 331 g/mol. The molecule has 3 aliphatic rings. The predicted molar refractivity (Wildman–Crippen MR) is 97.5 cm³/mol. The second-order valence-corrected chi connectivity index (χ2v) is 7.82. The van der Waals surface area contributed by atoms with E-state index in [0.29, 0.717) is 17.9 Å². The quantitative estimate of drug-likeness (QED) is 0.758. The van der Waals surface area contributed by atoms with Crippen LogP contribution in [0.15, 0.2) is 42.5 Å². The lowest BCUT2D eigenvalue weighted by molar-refractivity contribution is -0.117. The molecule has 2 saturated carbocycles. The van der Waals surface area contributed by atoms with Gasteiger partial charge in [-0.1, -0.05) is 36.8 Å². The number of nitrogens with one attached hydrogen (secondary N) is 1. The number of carbonyl (C=O) groups excluding carboxylic acids is 2. The van der Waals surface area contributed by atoms with Crippen molar-refractivity contribution < 1.29 is 9.59 Å². The van der Waals surface area contributed by atoms with Crippen molar-refractivity contribution in [3.8, 4) is 11.1 Å². The molecule has 0 aliphatic heterocycles. The molecule has 3 heteroatoms. The second kappa shape index (κ2) is 5.55. The third kappa shape index (κ3) is 2.41. The number of hydrogen-bond donors (Lipinski definition) is 1. The van der Waals surface area contributed by atoms with Crippen LogP contribution in [0.2, 0.25) is 0 Å². The molecule has 0 aromatic heterocycles. The van der Waals surface area contributed by atoms with Crippen molar-refractivity contribution in [3.05, 3.63) is 53.6 Å². The summed E-state index contributed by atoms with van der Waals surface area (Å²) in [6.45, 7) is 0. The Morgan fingerprint density at radius 3 is 2.52 bits per heavy atom. The third-order valence-corrected chi connectivity index (χ3v) is 6.34. The summed E-state index contributed by atoms with van der Waals surface area (Å²) in [6, 6.07) is 13.4. The van der Waals surface area contributed by atoms with Gasteiger partial charge in [-0.3, -0.25) is 9.59 Å². The predicted octanol–water partition coefficient (Wildman–Crippen LogP) is 4.66. The van der Waals surface area contributed by atoms with Crippen LogP contribution >= 0.6 is 0 Å². The fourth-order valence-corrected chi connectivity index (χ4v) is 5.18. The fraction of sp³-hybridized carbons (Fsp3) is 0.364. The van der Waals surface area contributed by atoms with Gasteiger partial charge in [0.2, 0.25) is 5.91 Å². The average Bonchev–Trinajstić information content (AvgIpc) is 3.30. The first-order valence-electron chi connectivity index (χ1n) is 9.27. The first kappa shape index (κ1) is 14.9. The van der Waals surface area contributed by atoms with Crippen LogP contribution in [0.4, 0.5) is 5.69 Å². The third-order valence-electron chi connectivity index (χ3n) is 6.34. The Bertz CT molecular complexity index is 885. The van der Waals surface area contributed by atoms with E-state index in [4.69, 9.17) is 0 Å². The number of fused-ring (bicyclic) bond motifs is 5. The molecule has 2 aromatic carbocycles. The Morgan fingerprint density at radius 1 is 0.960 bits per heavy atom. The SMILES string of the molecule is O=C(C[C@@H]1C[C@@H]2CC[C@@H]1C2)Nc1ccc2c(c1)C(=O)c1ccccc1-2. The molecule has 25 heavy (non-hydrogen) atoms. The molecule has 1 amide bonds. The normalized spacial score (nSPS) is 25.8. The maximum atomic E-state index is 12.6. The number of amides is 1. The van der Waals surface area contributed by atoms with Gasteiger partial charge in [-0.05, 0) is 60.3 Å². The molecule has 0 radical (unpaired) electrons. The Kier molecular flexibility index (Phi) is 3.30. The lowest BCUT2D eigenvalue weighted by Gasteiger charge is -2.21. The molecular weight excluding hydrogens is 310 g/mol. The van der Waals surface area contributed by atoms with Gasteiger partial charge in [0.15, 0.2) is 5.78 Å². The molecule has 3 aliphatic carbocycles. The Balaban J connectivity index is 1.33. The molecule has 0 unspecified atom stereocenters. The van der Waals surface area contributed by atoms with E-state index in [-0.39, 0.29) is 11.7 Å². The van der Waals surface area contributed by atoms with E-state index in [0.717, 1.165) is 34.2 Å². The van der Waals surface area contributed by atoms with Gasteiger partial charge in [-0.25, -0.2) is 0 Å². The topological polar surface area (TPSA) is 46.2 Å². The summed E-state index contributed by atoms with van der Waals surface area (Å²) >= 11 is 0. The lowest BCUT2D eigenvalue weighted by atomic mass is 9.86. The molecule has 2 bridgehead atoms. The Hall–Kier alpha value is -2.42. The zero-order chi connectivity index (χ0) is 17.0. The summed E-state index contributed by atoms with van der Waals surface area (Å²) in [7, 11) is 0. The van der Waals surface area contributed by atoms with Crippen molar-refractivity contribution in [1.29, 1.82) is 0 Å². The van der Waals surface area contributed by atoms with Crippen molar-refractivity contribution >= 4 is 17.4 Å². The highest BCUT2D eigenvalue weighted by Crippen LogP contribution is 2.49. The van der Waals surface area contributed by atoms with Crippen molar-refractivity contribution in [1.82, 2.24) is 0 Å². The van der Waals surface area contributed by atoms with E-state index >= 15 is 0 Å². The van der Waals surface area contributed by atoms with E-state index in [1.807, 2.05) is 42.5 Å². The highest BCUT2D eigenvalue weighted by atomic mass is 16.1. The average molecular weight is 331 g/mol. The largest absolute Gasteiger partial charge is 0.326 e. The van der Waals surface area contributed by atoms with Crippen LogP contribution < -0.4 is 5.32 Å². The molecule has 0 saturated heterocycles. The smallest absolute Gasteiger partial charge is 0.224 e. The van der Waals surface area contributed by atoms with Crippen molar-refractivity contribution in [2.24, 2.45) is 17.8 Å². The lowest BCUT2D eigenvalue weighted by Crippen LogP contribution is -2.20. The van der Waals surface area contributed by atoms with Gasteiger partial charge < -0.3 is 5.32 Å².